The summed E-state index contributed by atoms with van der Waals surface area (Å²) in [6, 6.07) is 2.08. The molecule has 0 aliphatic heterocycles. The number of aromatic amines is 1. The van der Waals surface area contributed by atoms with Crippen molar-refractivity contribution in [2.75, 3.05) is 5.73 Å². The average Bonchev–Trinajstić information content (AvgIpc) is 2.94. The second-order valence-electron chi connectivity index (χ2n) is 3.61. The van der Waals surface area contributed by atoms with Gasteiger partial charge in [0.2, 0.25) is 0 Å². The standard InChI is InChI=1S/C11H14N4OS/c1-2-7-3-4-17-9(7)6-13-11(16)10-8(12)5-14-15-10/h3-5H,2,6,12H2,1H3,(H,13,16)(H,14,15). The second-order valence-corrected chi connectivity index (χ2v) is 4.61. The first-order chi connectivity index (χ1) is 8.22. The van der Waals surface area contributed by atoms with E-state index in [0.29, 0.717) is 17.9 Å². The normalized spacial score (nSPS) is 10.4. The number of H-pyrrole nitrogens is 1. The molecule has 90 valence electrons. The Bertz CT molecular complexity index is 517. The number of hydrogen-bond acceptors (Lipinski definition) is 4. The fourth-order valence-corrected chi connectivity index (χ4v) is 2.48. The molecule has 0 radical (unpaired) electrons. The van der Waals surface area contributed by atoms with Crippen molar-refractivity contribution in [2.45, 2.75) is 19.9 Å². The number of amides is 1. The van der Waals surface area contributed by atoms with E-state index in [4.69, 9.17) is 5.73 Å². The van der Waals surface area contributed by atoms with Crippen LogP contribution in [0.15, 0.2) is 17.6 Å². The number of aromatic nitrogens is 2. The zero-order valence-corrected chi connectivity index (χ0v) is 10.3. The molecule has 0 saturated carbocycles. The van der Waals surface area contributed by atoms with Crippen LogP contribution in [0, 0.1) is 0 Å². The maximum atomic E-state index is 11.8. The Morgan fingerprint density at radius 1 is 1.65 bits per heavy atom. The molecular formula is C11H14N4OS. The smallest absolute Gasteiger partial charge is 0.271 e. The minimum Gasteiger partial charge on any atom is -0.396 e. The van der Waals surface area contributed by atoms with Gasteiger partial charge >= 0.3 is 0 Å². The van der Waals surface area contributed by atoms with Gasteiger partial charge in [0.15, 0.2) is 0 Å². The summed E-state index contributed by atoms with van der Waals surface area (Å²) in [5.74, 6) is -0.226. The molecule has 1 amide bonds. The zero-order chi connectivity index (χ0) is 12.3. The van der Waals surface area contributed by atoms with Crippen molar-refractivity contribution in [2.24, 2.45) is 0 Å². The van der Waals surface area contributed by atoms with Crippen molar-refractivity contribution in [3.63, 3.8) is 0 Å². The number of rotatable bonds is 4. The van der Waals surface area contributed by atoms with Gasteiger partial charge in [0.25, 0.3) is 5.91 Å². The lowest BCUT2D eigenvalue weighted by Gasteiger charge is -2.04. The average molecular weight is 250 g/mol. The summed E-state index contributed by atoms with van der Waals surface area (Å²) < 4.78 is 0. The summed E-state index contributed by atoms with van der Waals surface area (Å²) in [4.78, 5) is 12.9. The molecule has 2 heterocycles. The largest absolute Gasteiger partial charge is 0.396 e. The number of nitrogens with one attached hydrogen (secondary N) is 2. The molecule has 4 N–H and O–H groups in total. The minimum absolute atomic E-state index is 0.226. The van der Waals surface area contributed by atoms with Crippen LogP contribution in [0.3, 0.4) is 0 Å². The molecule has 17 heavy (non-hydrogen) atoms. The molecule has 2 rings (SSSR count). The second kappa shape index (κ2) is 5.01. The van der Waals surface area contributed by atoms with E-state index in [-0.39, 0.29) is 5.91 Å². The molecule has 0 aliphatic carbocycles. The van der Waals surface area contributed by atoms with Gasteiger partial charge in [0, 0.05) is 4.88 Å². The van der Waals surface area contributed by atoms with Gasteiger partial charge in [-0.25, -0.2) is 0 Å². The molecular weight excluding hydrogens is 236 g/mol. The molecule has 0 bridgehead atoms. The maximum Gasteiger partial charge on any atom is 0.271 e. The molecule has 2 aromatic rings. The van der Waals surface area contributed by atoms with Crippen LogP contribution in [-0.4, -0.2) is 16.1 Å². The highest BCUT2D eigenvalue weighted by Gasteiger charge is 2.12. The Hall–Kier alpha value is -1.82. The molecule has 2 aromatic heterocycles. The fourth-order valence-electron chi connectivity index (χ4n) is 1.56. The van der Waals surface area contributed by atoms with Crippen LogP contribution in [-0.2, 0) is 13.0 Å². The Morgan fingerprint density at radius 2 is 2.47 bits per heavy atom. The van der Waals surface area contributed by atoms with E-state index >= 15 is 0 Å². The van der Waals surface area contributed by atoms with Gasteiger partial charge in [-0.05, 0) is 23.4 Å². The number of carbonyl (C=O) groups excluding carboxylic acids is 1. The zero-order valence-electron chi connectivity index (χ0n) is 9.49. The molecule has 0 saturated heterocycles. The van der Waals surface area contributed by atoms with Crippen LogP contribution in [0.4, 0.5) is 5.69 Å². The topological polar surface area (TPSA) is 83.8 Å². The van der Waals surface area contributed by atoms with Crippen molar-refractivity contribution in [3.05, 3.63) is 33.8 Å². The van der Waals surface area contributed by atoms with Crippen LogP contribution < -0.4 is 11.1 Å². The molecule has 6 heteroatoms. The minimum atomic E-state index is -0.226. The maximum absolute atomic E-state index is 11.8. The number of hydrogen-bond donors (Lipinski definition) is 3. The first-order valence-corrected chi connectivity index (χ1v) is 6.22. The van der Waals surface area contributed by atoms with Crippen LogP contribution in [0.25, 0.3) is 0 Å². The molecule has 0 atom stereocenters. The third-order valence-corrected chi connectivity index (χ3v) is 3.49. The van der Waals surface area contributed by atoms with E-state index in [9.17, 15) is 4.79 Å². The number of aryl methyl sites for hydroxylation is 1. The van der Waals surface area contributed by atoms with Crippen molar-refractivity contribution in [1.82, 2.24) is 15.5 Å². The van der Waals surface area contributed by atoms with E-state index < -0.39 is 0 Å². The highest BCUT2D eigenvalue weighted by atomic mass is 32.1. The van der Waals surface area contributed by atoms with E-state index in [0.717, 1.165) is 6.42 Å². The summed E-state index contributed by atoms with van der Waals surface area (Å²) in [6.07, 6.45) is 2.40. The predicted octanol–water partition coefficient (Wildman–Crippen LogP) is 1.55. The summed E-state index contributed by atoms with van der Waals surface area (Å²) in [7, 11) is 0. The van der Waals surface area contributed by atoms with Gasteiger partial charge in [-0.3, -0.25) is 9.89 Å². The summed E-state index contributed by atoms with van der Waals surface area (Å²) in [6.45, 7) is 2.62. The summed E-state index contributed by atoms with van der Waals surface area (Å²) in [5.41, 5.74) is 7.55. The van der Waals surface area contributed by atoms with Crippen LogP contribution in [0.5, 0.6) is 0 Å². The lowest BCUT2D eigenvalue weighted by Crippen LogP contribution is -2.24. The van der Waals surface area contributed by atoms with Gasteiger partial charge in [-0.2, -0.15) is 5.10 Å². The van der Waals surface area contributed by atoms with Gasteiger partial charge in [0.05, 0.1) is 18.4 Å². The van der Waals surface area contributed by atoms with Crippen molar-refractivity contribution in [1.29, 1.82) is 0 Å². The lowest BCUT2D eigenvalue weighted by molar-refractivity contribution is 0.0947. The molecule has 0 aromatic carbocycles. The monoisotopic (exact) mass is 250 g/mol. The lowest BCUT2D eigenvalue weighted by atomic mass is 10.2. The molecule has 0 aliphatic rings. The van der Waals surface area contributed by atoms with Crippen molar-refractivity contribution < 1.29 is 4.79 Å². The fraction of sp³-hybridized carbons (Fsp3) is 0.273. The van der Waals surface area contributed by atoms with E-state index in [1.54, 1.807) is 11.3 Å². The molecule has 0 fully saturated rings. The quantitative estimate of drug-likeness (QED) is 0.769. The molecule has 0 unspecified atom stereocenters. The Kier molecular flexibility index (Phi) is 3.43. The number of thiophene rings is 1. The van der Waals surface area contributed by atoms with E-state index in [1.807, 2.05) is 5.38 Å². The summed E-state index contributed by atoms with van der Waals surface area (Å²) in [5, 5.41) is 11.1. The summed E-state index contributed by atoms with van der Waals surface area (Å²) >= 11 is 1.65. The van der Waals surface area contributed by atoms with Gasteiger partial charge in [-0.15, -0.1) is 11.3 Å². The van der Waals surface area contributed by atoms with Crippen LogP contribution in [0.1, 0.15) is 27.9 Å². The number of anilines is 1. The molecule has 0 spiro atoms. The first kappa shape index (κ1) is 11.7. The number of carbonyl (C=O) groups is 1. The Labute approximate surface area is 103 Å². The highest BCUT2D eigenvalue weighted by molar-refractivity contribution is 7.10. The van der Waals surface area contributed by atoms with Crippen molar-refractivity contribution >= 4 is 22.9 Å². The van der Waals surface area contributed by atoms with Gasteiger partial charge in [0.1, 0.15) is 5.69 Å². The number of nitrogens with two attached hydrogens (primary N) is 1. The Balaban J connectivity index is 1.99. The van der Waals surface area contributed by atoms with Crippen LogP contribution >= 0.6 is 11.3 Å². The number of nitrogen functional groups attached to an aromatic ring is 1. The third-order valence-electron chi connectivity index (χ3n) is 2.52. The molecule has 5 nitrogen and oxygen atoms in total. The van der Waals surface area contributed by atoms with E-state index in [1.165, 1.54) is 16.6 Å². The van der Waals surface area contributed by atoms with Gasteiger partial charge < -0.3 is 11.1 Å². The van der Waals surface area contributed by atoms with Gasteiger partial charge in [-0.1, -0.05) is 6.92 Å². The van der Waals surface area contributed by atoms with Crippen molar-refractivity contribution in [3.8, 4) is 0 Å². The third kappa shape index (κ3) is 2.47. The van der Waals surface area contributed by atoms with Crippen LogP contribution in [0.2, 0.25) is 0 Å². The number of nitrogens with zero attached hydrogens (tertiary/aromatic N) is 1. The van der Waals surface area contributed by atoms with E-state index in [2.05, 4.69) is 28.5 Å². The SMILES string of the molecule is CCc1ccsc1CNC(=O)c1[nH]ncc1N. The highest BCUT2D eigenvalue weighted by Crippen LogP contribution is 2.17. The Morgan fingerprint density at radius 3 is 3.12 bits per heavy atom. The predicted molar refractivity (Wildman–Crippen MR) is 67.9 cm³/mol. The first-order valence-electron chi connectivity index (χ1n) is 5.34.